The number of guanidine groups is 1. The second-order valence-electron chi connectivity index (χ2n) is 8.44. The Morgan fingerprint density at radius 1 is 1.00 bits per heavy atom. The average molecular weight is 524 g/mol. The second-order valence-corrected chi connectivity index (χ2v) is 8.44. The van der Waals surface area contributed by atoms with Crippen molar-refractivity contribution in [1.82, 2.24) is 10.2 Å². The molecule has 1 aliphatic carbocycles. The molecule has 2 heterocycles. The van der Waals surface area contributed by atoms with Crippen LogP contribution < -0.4 is 5.32 Å². The molecule has 6 nitrogen and oxygen atoms in total. The summed E-state index contributed by atoms with van der Waals surface area (Å²) in [6.45, 7) is 9.41. The number of nitrogens with zero attached hydrogens (tertiary/aromatic N) is 2. The molecule has 0 radical (unpaired) electrons. The molecule has 0 amide bonds. The fourth-order valence-electron chi connectivity index (χ4n) is 4.45. The summed E-state index contributed by atoms with van der Waals surface area (Å²) < 4.78 is 17.5. The van der Waals surface area contributed by atoms with Crippen LogP contribution in [-0.4, -0.2) is 75.7 Å². The number of nitrogens with one attached hydrogen (secondary N) is 1. The summed E-state index contributed by atoms with van der Waals surface area (Å²) in [4.78, 5) is 7.24. The molecule has 7 heteroatoms. The van der Waals surface area contributed by atoms with Crippen LogP contribution in [0.25, 0.3) is 0 Å². The molecule has 0 unspecified atom stereocenters. The van der Waals surface area contributed by atoms with Gasteiger partial charge in [-0.2, -0.15) is 0 Å². The van der Waals surface area contributed by atoms with Crippen molar-refractivity contribution in [2.75, 3.05) is 52.6 Å². The molecule has 1 N–H and O–H groups in total. The van der Waals surface area contributed by atoms with E-state index in [-0.39, 0.29) is 24.0 Å². The molecule has 3 rings (SSSR count). The molecule has 0 aromatic rings. The molecular formula is C22H42IN3O3. The predicted molar refractivity (Wildman–Crippen MR) is 128 cm³/mol. The van der Waals surface area contributed by atoms with E-state index in [1.165, 1.54) is 25.7 Å². The quantitative estimate of drug-likeness (QED) is 0.216. The van der Waals surface area contributed by atoms with Crippen LogP contribution in [0, 0.1) is 5.92 Å². The minimum Gasteiger partial charge on any atom is -0.381 e. The first-order valence-electron chi connectivity index (χ1n) is 11.7. The maximum absolute atomic E-state index is 6.21. The first-order valence-corrected chi connectivity index (χ1v) is 11.7. The van der Waals surface area contributed by atoms with E-state index in [0.29, 0.717) is 12.2 Å². The van der Waals surface area contributed by atoms with Crippen molar-refractivity contribution in [1.29, 1.82) is 0 Å². The minimum absolute atomic E-state index is 0. The normalized spacial score (nSPS) is 22.7. The van der Waals surface area contributed by atoms with Crippen LogP contribution in [0.15, 0.2) is 4.99 Å². The number of hydrogen-bond acceptors (Lipinski definition) is 4. The van der Waals surface area contributed by atoms with Gasteiger partial charge in [-0.1, -0.05) is 12.8 Å². The fourth-order valence-corrected chi connectivity index (χ4v) is 4.45. The lowest BCUT2D eigenvalue weighted by atomic mass is 10.1. The highest BCUT2D eigenvalue weighted by Crippen LogP contribution is 2.26. The molecule has 0 aromatic heterocycles. The summed E-state index contributed by atoms with van der Waals surface area (Å²) in [5.74, 6) is 1.88. The molecule has 29 heavy (non-hydrogen) atoms. The van der Waals surface area contributed by atoms with Gasteiger partial charge in [-0.3, -0.25) is 4.99 Å². The Kier molecular flexibility index (Phi) is 12.8. The zero-order valence-corrected chi connectivity index (χ0v) is 20.6. The number of halogens is 1. The molecule has 0 bridgehead atoms. The number of aliphatic imine (C=N–C) groups is 1. The summed E-state index contributed by atoms with van der Waals surface area (Å²) in [6, 6.07) is 0. The van der Waals surface area contributed by atoms with Crippen molar-refractivity contribution in [2.24, 2.45) is 10.9 Å². The molecule has 3 aliphatic rings. The average Bonchev–Trinajstić information content (AvgIpc) is 3.26. The van der Waals surface area contributed by atoms with Gasteiger partial charge in [0.25, 0.3) is 0 Å². The third kappa shape index (κ3) is 9.27. The van der Waals surface area contributed by atoms with Gasteiger partial charge in [0.2, 0.25) is 0 Å². The van der Waals surface area contributed by atoms with Gasteiger partial charge >= 0.3 is 0 Å². The van der Waals surface area contributed by atoms with Gasteiger partial charge in [0.15, 0.2) is 5.96 Å². The Labute approximate surface area is 194 Å². The Bertz CT molecular complexity index is 447. The lowest BCUT2D eigenvalue weighted by Crippen LogP contribution is -2.47. The maximum atomic E-state index is 6.21. The highest BCUT2D eigenvalue weighted by Gasteiger charge is 2.24. The van der Waals surface area contributed by atoms with Crippen molar-refractivity contribution in [3.63, 3.8) is 0 Å². The van der Waals surface area contributed by atoms with Crippen LogP contribution in [0.4, 0.5) is 0 Å². The molecule has 0 atom stereocenters. The lowest BCUT2D eigenvalue weighted by molar-refractivity contribution is -0.0318. The molecule has 2 saturated heterocycles. The molecule has 3 fully saturated rings. The van der Waals surface area contributed by atoms with Gasteiger partial charge in [0, 0.05) is 52.6 Å². The van der Waals surface area contributed by atoms with Crippen LogP contribution in [0.1, 0.15) is 64.7 Å². The van der Waals surface area contributed by atoms with E-state index in [9.17, 15) is 0 Å². The van der Waals surface area contributed by atoms with Crippen LogP contribution in [0.2, 0.25) is 0 Å². The number of likely N-dealkylation sites (tertiary alicyclic amines) is 1. The van der Waals surface area contributed by atoms with E-state index < -0.39 is 0 Å². The predicted octanol–water partition coefficient (Wildman–Crippen LogP) is 3.83. The van der Waals surface area contributed by atoms with Gasteiger partial charge in [-0.25, -0.2) is 0 Å². The Balaban J connectivity index is 0.00000300. The van der Waals surface area contributed by atoms with E-state index in [0.717, 1.165) is 96.6 Å². The van der Waals surface area contributed by atoms with Gasteiger partial charge < -0.3 is 24.4 Å². The van der Waals surface area contributed by atoms with E-state index in [2.05, 4.69) is 17.1 Å². The second kappa shape index (κ2) is 14.8. The fraction of sp³-hybridized carbons (Fsp3) is 0.955. The van der Waals surface area contributed by atoms with E-state index >= 15 is 0 Å². The summed E-state index contributed by atoms with van der Waals surface area (Å²) in [5, 5.41) is 3.46. The number of ether oxygens (including phenoxy) is 3. The minimum atomic E-state index is 0. The molecule has 0 spiro atoms. The smallest absolute Gasteiger partial charge is 0.193 e. The topological polar surface area (TPSA) is 55.3 Å². The van der Waals surface area contributed by atoms with E-state index in [4.69, 9.17) is 19.2 Å². The molecule has 1 saturated carbocycles. The van der Waals surface area contributed by atoms with Crippen molar-refractivity contribution < 1.29 is 14.2 Å². The zero-order chi connectivity index (χ0) is 19.4. The van der Waals surface area contributed by atoms with Crippen LogP contribution >= 0.6 is 24.0 Å². The summed E-state index contributed by atoms with van der Waals surface area (Å²) >= 11 is 0. The third-order valence-corrected chi connectivity index (χ3v) is 6.20. The van der Waals surface area contributed by atoms with E-state index in [1.807, 2.05) is 0 Å². The summed E-state index contributed by atoms with van der Waals surface area (Å²) in [6.07, 6.45) is 11.6. The van der Waals surface area contributed by atoms with Crippen molar-refractivity contribution in [2.45, 2.75) is 76.9 Å². The van der Waals surface area contributed by atoms with Gasteiger partial charge in [0.1, 0.15) is 0 Å². The van der Waals surface area contributed by atoms with Crippen molar-refractivity contribution in [3.8, 4) is 0 Å². The van der Waals surface area contributed by atoms with Crippen molar-refractivity contribution >= 4 is 29.9 Å². The Morgan fingerprint density at radius 3 is 2.38 bits per heavy atom. The highest BCUT2D eigenvalue weighted by atomic mass is 127. The largest absolute Gasteiger partial charge is 0.381 e. The molecule has 170 valence electrons. The number of piperidine rings is 1. The monoisotopic (exact) mass is 523 g/mol. The maximum Gasteiger partial charge on any atom is 0.193 e. The first kappa shape index (κ1) is 25.1. The molecular weight excluding hydrogens is 481 g/mol. The van der Waals surface area contributed by atoms with Gasteiger partial charge in [0.05, 0.1) is 12.2 Å². The summed E-state index contributed by atoms with van der Waals surface area (Å²) in [7, 11) is 0. The van der Waals surface area contributed by atoms with Gasteiger partial charge in [-0.05, 0) is 57.8 Å². The SMILES string of the molecule is CCNC(=NCCCOC1CCOCC1)N1CCC(OCC2CCCC2)CC1.I. The number of hydrogen-bond donors (Lipinski definition) is 1. The van der Waals surface area contributed by atoms with Crippen LogP contribution in [0.3, 0.4) is 0 Å². The Morgan fingerprint density at radius 2 is 1.69 bits per heavy atom. The first-order chi connectivity index (χ1) is 13.8. The van der Waals surface area contributed by atoms with E-state index in [1.54, 1.807) is 0 Å². The molecule has 0 aromatic carbocycles. The van der Waals surface area contributed by atoms with Crippen LogP contribution in [0.5, 0.6) is 0 Å². The lowest BCUT2D eigenvalue weighted by Gasteiger charge is -2.34. The Hall–Kier alpha value is -0.120. The summed E-state index contributed by atoms with van der Waals surface area (Å²) in [5.41, 5.74) is 0. The van der Waals surface area contributed by atoms with Crippen molar-refractivity contribution in [3.05, 3.63) is 0 Å². The highest BCUT2D eigenvalue weighted by molar-refractivity contribution is 14.0. The number of rotatable bonds is 9. The standard InChI is InChI=1S/C22H41N3O3.HI/c1-2-23-22(24-12-5-15-27-21-10-16-26-17-11-21)25-13-8-20(9-14-25)28-18-19-6-3-4-7-19;/h19-21H,2-18H2,1H3,(H,23,24);1H. The third-order valence-electron chi connectivity index (χ3n) is 6.20. The van der Waals surface area contributed by atoms with Gasteiger partial charge in [-0.15, -0.1) is 24.0 Å². The van der Waals surface area contributed by atoms with Crippen LogP contribution in [-0.2, 0) is 14.2 Å². The zero-order valence-electron chi connectivity index (χ0n) is 18.3. The molecule has 2 aliphatic heterocycles.